The lowest BCUT2D eigenvalue weighted by Crippen LogP contribution is -2.38. The van der Waals surface area contributed by atoms with Gasteiger partial charge in [-0.2, -0.15) is 15.2 Å². The lowest BCUT2D eigenvalue weighted by Gasteiger charge is -2.24. The molecule has 0 atom stereocenters. The second-order valence-electron chi connectivity index (χ2n) is 5.74. The number of guanidine groups is 1. The van der Waals surface area contributed by atoms with Gasteiger partial charge in [0.05, 0.1) is 30.3 Å². The zero-order valence-electron chi connectivity index (χ0n) is 14.2. The topological polar surface area (TPSA) is 121 Å². The molecule has 130 valence electrons. The summed E-state index contributed by atoms with van der Waals surface area (Å²) < 4.78 is 5.43. The van der Waals surface area contributed by atoms with Crippen LogP contribution in [0, 0.1) is 0 Å². The SMILES string of the molecule is CCn1cc(N2Cc3nc(N)n(-c4cnn(CC)c4)c3N=C2N)cn1. The number of nitrogens with zero attached hydrogens (tertiary/aromatic N) is 8. The van der Waals surface area contributed by atoms with Gasteiger partial charge in [0.1, 0.15) is 5.69 Å². The van der Waals surface area contributed by atoms with Gasteiger partial charge in [-0.05, 0) is 13.8 Å². The molecule has 0 spiro atoms. The lowest BCUT2D eigenvalue weighted by atomic mass is 10.3. The predicted molar refractivity (Wildman–Crippen MR) is 94.8 cm³/mol. The molecule has 25 heavy (non-hydrogen) atoms. The minimum Gasteiger partial charge on any atom is -0.369 e. The van der Waals surface area contributed by atoms with Crippen LogP contribution in [0.5, 0.6) is 0 Å². The Morgan fingerprint density at radius 3 is 2.28 bits per heavy atom. The van der Waals surface area contributed by atoms with Crippen molar-refractivity contribution < 1.29 is 0 Å². The Morgan fingerprint density at radius 2 is 1.64 bits per heavy atom. The number of rotatable bonds is 4. The molecule has 0 amide bonds. The van der Waals surface area contributed by atoms with Gasteiger partial charge < -0.3 is 16.4 Å². The van der Waals surface area contributed by atoms with E-state index in [9.17, 15) is 0 Å². The zero-order chi connectivity index (χ0) is 17.6. The van der Waals surface area contributed by atoms with Gasteiger partial charge >= 0.3 is 0 Å². The molecule has 3 aromatic heterocycles. The summed E-state index contributed by atoms with van der Waals surface area (Å²) in [6.45, 7) is 6.10. The highest BCUT2D eigenvalue weighted by molar-refractivity contribution is 5.97. The van der Waals surface area contributed by atoms with Crippen LogP contribution >= 0.6 is 0 Å². The second-order valence-corrected chi connectivity index (χ2v) is 5.74. The smallest absolute Gasteiger partial charge is 0.207 e. The van der Waals surface area contributed by atoms with E-state index in [4.69, 9.17) is 11.5 Å². The largest absolute Gasteiger partial charge is 0.369 e. The summed E-state index contributed by atoms with van der Waals surface area (Å²) in [7, 11) is 0. The van der Waals surface area contributed by atoms with Crippen molar-refractivity contribution >= 4 is 23.4 Å². The zero-order valence-corrected chi connectivity index (χ0v) is 14.2. The summed E-state index contributed by atoms with van der Waals surface area (Å²) in [5, 5.41) is 8.57. The lowest BCUT2D eigenvalue weighted by molar-refractivity contribution is 0.659. The summed E-state index contributed by atoms with van der Waals surface area (Å²) >= 11 is 0. The van der Waals surface area contributed by atoms with Crippen LogP contribution in [-0.4, -0.2) is 35.1 Å². The molecule has 1 aliphatic rings. The van der Waals surface area contributed by atoms with Gasteiger partial charge in [0, 0.05) is 25.5 Å². The van der Waals surface area contributed by atoms with E-state index in [1.807, 2.05) is 40.5 Å². The Kier molecular flexibility index (Phi) is 3.45. The van der Waals surface area contributed by atoms with Crippen LogP contribution in [0.2, 0.25) is 0 Å². The molecule has 0 aromatic carbocycles. The maximum atomic E-state index is 6.20. The van der Waals surface area contributed by atoms with Crippen molar-refractivity contribution in [2.45, 2.75) is 33.5 Å². The molecular formula is C15H20N10. The first-order valence-corrected chi connectivity index (χ1v) is 8.14. The molecule has 0 saturated carbocycles. The van der Waals surface area contributed by atoms with Crippen molar-refractivity contribution in [1.29, 1.82) is 0 Å². The molecule has 0 radical (unpaired) electrons. The molecule has 1 aliphatic heterocycles. The number of imidazole rings is 1. The first kappa shape index (κ1) is 15.2. The van der Waals surface area contributed by atoms with E-state index < -0.39 is 0 Å². The standard InChI is InChI=1S/C15H20N10/c1-3-22-7-10(5-18-22)24-9-12-13(21-14(24)16)25(15(17)20-12)11-6-19-23(4-2)8-11/h5-8H,3-4,9H2,1-2H3,(H2,16,21)(H2,17,20). The van der Waals surface area contributed by atoms with Crippen molar-refractivity contribution in [1.82, 2.24) is 29.1 Å². The first-order valence-electron chi connectivity index (χ1n) is 8.14. The van der Waals surface area contributed by atoms with E-state index in [2.05, 4.69) is 20.2 Å². The molecule has 3 aromatic rings. The second kappa shape index (κ2) is 5.65. The maximum absolute atomic E-state index is 6.20. The summed E-state index contributed by atoms with van der Waals surface area (Å²) in [6, 6.07) is 0. The Bertz CT molecular complexity index is 944. The van der Waals surface area contributed by atoms with Crippen LogP contribution in [0.3, 0.4) is 0 Å². The van der Waals surface area contributed by atoms with Crippen molar-refractivity contribution in [3.05, 3.63) is 30.5 Å². The van der Waals surface area contributed by atoms with Gasteiger partial charge in [-0.1, -0.05) is 0 Å². The van der Waals surface area contributed by atoms with Crippen molar-refractivity contribution in [2.24, 2.45) is 10.7 Å². The average Bonchev–Trinajstić information content (AvgIpc) is 3.31. The molecule has 0 saturated heterocycles. The molecule has 4 rings (SSSR count). The number of aryl methyl sites for hydroxylation is 2. The van der Waals surface area contributed by atoms with E-state index in [1.165, 1.54) is 0 Å². The number of hydrogen-bond donors (Lipinski definition) is 2. The molecular weight excluding hydrogens is 320 g/mol. The Morgan fingerprint density at radius 1 is 1.00 bits per heavy atom. The van der Waals surface area contributed by atoms with Gasteiger partial charge in [-0.15, -0.1) is 0 Å². The van der Waals surface area contributed by atoms with Crippen molar-refractivity contribution in [3.63, 3.8) is 0 Å². The number of aliphatic imine (C=N–C) groups is 1. The van der Waals surface area contributed by atoms with Gasteiger partial charge in [0.15, 0.2) is 5.82 Å². The highest BCUT2D eigenvalue weighted by Gasteiger charge is 2.27. The van der Waals surface area contributed by atoms with E-state index in [1.54, 1.807) is 17.0 Å². The molecule has 0 aliphatic carbocycles. The third-order valence-corrected chi connectivity index (χ3v) is 4.21. The minimum atomic E-state index is 0.364. The van der Waals surface area contributed by atoms with Crippen molar-refractivity contribution in [2.75, 3.05) is 10.6 Å². The predicted octanol–water partition coefficient (Wildman–Crippen LogP) is 0.854. The number of aromatic nitrogens is 6. The monoisotopic (exact) mass is 340 g/mol. The highest BCUT2D eigenvalue weighted by Crippen LogP contribution is 2.32. The molecule has 0 unspecified atom stereocenters. The van der Waals surface area contributed by atoms with Crippen LogP contribution < -0.4 is 16.4 Å². The van der Waals surface area contributed by atoms with Gasteiger partial charge in [0.25, 0.3) is 0 Å². The number of nitrogen functional groups attached to an aromatic ring is 1. The Hall–Kier alpha value is -3.30. The number of nitrogens with two attached hydrogens (primary N) is 2. The molecule has 0 fully saturated rings. The normalized spacial score (nSPS) is 13.8. The summed E-state index contributed by atoms with van der Waals surface area (Å²) in [5.41, 5.74) is 14.8. The van der Waals surface area contributed by atoms with Gasteiger partial charge in [-0.25, -0.2) is 4.98 Å². The first-order chi connectivity index (χ1) is 12.1. The van der Waals surface area contributed by atoms with E-state index in [0.717, 1.165) is 30.2 Å². The fourth-order valence-electron chi connectivity index (χ4n) is 2.88. The summed E-state index contributed by atoms with van der Waals surface area (Å²) in [6.07, 6.45) is 7.34. The van der Waals surface area contributed by atoms with E-state index in [-0.39, 0.29) is 0 Å². The number of hydrogen-bond acceptors (Lipinski definition) is 7. The number of fused-ring (bicyclic) bond motifs is 1. The summed E-state index contributed by atoms with van der Waals surface area (Å²) in [4.78, 5) is 10.9. The third kappa shape index (κ3) is 2.42. The van der Waals surface area contributed by atoms with E-state index in [0.29, 0.717) is 24.3 Å². The fourth-order valence-corrected chi connectivity index (χ4v) is 2.88. The fraction of sp³-hybridized carbons (Fsp3) is 0.333. The third-order valence-electron chi connectivity index (χ3n) is 4.21. The molecule has 10 nitrogen and oxygen atoms in total. The molecule has 4 N–H and O–H groups in total. The molecule has 4 heterocycles. The quantitative estimate of drug-likeness (QED) is 0.726. The van der Waals surface area contributed by atoms with Crippen molar-refractivity contribution in [3.8, 4) is 5.69 Å². The van der Waals surface area contributed by atoms with Crippen LogP contribution in [0.1, 0.15) is 19.5 Å². The van der Waals surface area contributed by atoms with Crippen LogP contribution in [-0.2, 0) is 19.6 Å². The van der Waals surface area contributed by atoms with Crippen LogP contribution in [0.15, 0.2) is 29.8 Å². The van der Waals surface area contributed by atoms with Crippen LogP contribution in [0.25, 0.3) is 5.69 Å². The minimum absolute atomic E-state index is 0.364. The Balaban J connectivity index is 1.74. The van der Waals surface area contributed by atoms with Gasteiger partial charge in [0.2, 0.25) is 11.9 Å². The summed E-state index contributed by atoms with van der Waals surface area (Å²) in [5.74, 6) is 1.39. The van der Waals surface area contributed by atoms with Gasteiger partial charge in [-0.3, -0.25) is 13.9 Å². The molecule has 0 bridgehead atoms. The highest BCUT2D eigenvalue weighted by atomic mass is 15.4. The van der Waals surface area contributed by atoms with Crippen LogP contribution in [0.4, 0.5) is 17.5 Å². The number of anilines is 2. The molecule has 10 heteroatoms. The van der Waals surface area contributed by atoms with E-state index >= 15 is 0 Å². The maximum Gasteiger partial charge on any atom is 0.207 e. The average molecular weight is 340 g/mol. The Labute approximate surface area is 144 Å².